The molecule has 3 aliphatic rings. The Morgan fingerprint density at radius 3 is 2.63 bits per heavy atom. The van der Waals surface area contributed by atoms with Gasteiger partial charge in [-0.05, 0) is 48.2 Å². The van der Waals surface area contributed by atoms with Crippen molar-refractivity contribution in [1.29, 1.82) is 0 Å². The first-order valence-corrected chi connectivity index (χ1v) is 14.0. The smallest absolute Gasteiger partial charge is 0.231 e. The summed E-state index contributed by atoms with van der Waals surface area (Å²) in [5.41, 5.74) is 2.35. The Bertz CT molecular complexity index is 1270. The van der Waals surface area contributed by atoms with Gasteiger partial charge in [-0.25, -0.2) is 4.98 Å². The highest BCUT2D eigenvalue weighted by atomic mass is 32.1. The van der Waals surface area contributed by atoms with Crippen LogP contribution in [-0.4, -0.2) is 78.2 Å². The summed E-state index contributed by atoms with van der Waals surface area (Å²) < 4.78 is 20.8. The summed E-state index contributed by atoms with van der Waals surface area (Å²) in [5.74, 6) is 3.71. The predicted octanol–water partition coefficient (Wildman–Crippen LogP) is 3.43. The van der Waals surface area contributed by atoms with Gasteiger partial charge < -0.3 is 24.0 Å². The van der Waals surface area contributed by atoms with Crippen molar-refractivity contribution >= 4 is 22.6 Å². The molecule has 2 fully saturated rings. The Labute approximate surface area is 227 Å². The summed E-state index contributed by atoms with van der Waals surface area (Å²) in [6.45, 7) is 6.19. The molecule has 6 rings (SSSR count). The monoisotopic (exact) mass is 535 g/mol. The average Bonchev–Trinajstić information content (AvgIpc) is 3.63. The molecule has 0 saturated carbocycles. The first-order chi connectivity index (χ1) is 18.6. The molecule has 0 atom stereocenters. The molecule has 0 aliphatic carbocycles. The van der Waals surface area contributed by atoms with Gasteiger partial charge in [0.25, 0.3) is 0 Å². The quantitative estimate of drug-likeness (QED) is 0.455. The van der Waals surface area contributed by atoms with Crippen LogP contribution in [0.1, 0.15) is 29.8 Å². The third-order valence-electron chi connectivity index (χ3n) is 7.60. The zero-order valence-electron chi connectivity index (χ0n) is 21.7. The van der Waals surface area contributed by atoms with E-state index in [1.54, 1.807) is 7.11 Å². The van der Waals surface area contributed by atoms with Crippen molar-refractivity contribution in [3.05, 3.63) is 59.4 Å². The number of carbonyl (C=O) groups excluding carboxylic acids is 1. The zero-order chi connectivity index (χ0) is 25.9. The van der Waals surface area contributed by atoms with Gasteiger partial charge in [0, 0.05) is 69.7 Å². The Balaban J connectivity index is 0.961. The van der Waals surface area contributed by atoms with E-state index in [0.717, 1.165) is 92.4 Å². The summed E-state index contributed by atoms with van der Waals surface area (Å²) in [6.07, 6.45) is 2.41. The molecule has 0 N–H and O–H groups in total. The number of piperazine rings is 1. The number of ether oxygens (including phenoxy) is 3. The van der Waals surface area contributed by atoms with Gasteiger partial charge >= 0.3 is 0 Å². The van der Waals surface area contributed by atoms with Crippen LogP contribution in [-0.2, 0) is 17.8 Å². The fourth-order valence-electron chi connectivity index (χ4n) is 5.41. The highest BCUT2D eigenvalue weighted by molar-refractivity contribution is 7.09. The molecule has 38 heavy (non-hydrogen) atoms. The fraction of sp³-hybridized carbons (Fsp3) is 0.464. The summed E-state index contributed by atoms with van der Waals surface area (Å²) in [5, 5.41) is 0.950. The molecule has 3 aromatic rings. The average molecular weight is 536 g/mol. The lowest BCUT2D eigenvalue weighted by Gasteiger charge is -2.38. The van der Waals surface area contributed by atoms with Gasteiger partial charge in [-0.2, -0.15) is 4.37 Å². The molecule has 10 heteroatoms. The highest BCUT2D eigenvalue weighted by Crippen LogP contribution is 2.33. The van der Waals surface area contributed by atoms with Gasteiger partial charge in [-0.1, -0.05) is 18.2 Å². The van der Waals surface area contributed by atoms with Gasteiger partial charge in [-0.3, -0.25) is 9.69 Å². The number of hydrogen-bond acceptors (Lipinski definition) is 9. The molecule has 1 aromatic heterocycles. The van der Waals surface area contributed by atoms with Crippen LogP contribution in [0.2, 0.25) is 0 Å². The Morgan fingerprint density at radius 1 is 1.00 bits per heavy atom. The van der Waals surface area contributed by atoms with Crippen LogP contribution in [0, 0.1) is 5.92 Å². The van der Waals surface area contributed by atoms with Crippen LogP contribution in [0.15, 0.2) is 42.5 Å². The minimum absolute atomic E-state index is 0.0934. The molecule has 0 unspecified atom stereocenters. The number of carbonyl (C=O) groups is 1. The van der Waals surface area contributed by atoms with E-state index in [2.05, 4.69) is 37.3 Å². The zero-order valence-corrected chi connectivity index (χ0v) is 22.5. The van der Waals surface area contributed by atoms with Crippen LogP contribution in [0.5, 0.6) is 17.2 Å². The Kier molecular flexibility index (Phi) is 7.33. The second kappa shape index (κ2) is 11.2. The lowest BCUT2D eigenvalue weighted by Crippen LogP contribution is -2.51. The maximum Gasteiger partial charge on any atom is 0.231 e. The molecule has 200 valence electrons. The number of piperidine rings is 1. The second-order valence-electron chi connectivity index (χ2n) is 10.1. The van der Waals surface area contributed by atoms with Gasteiger partial charge in [0.15, 0.2) is 11.5 Å². The molecule has 1 amide bonds. The van der Waals surface area contributed by atoms with Crippen LogP contribution in [0.4, 0.5) is 5.13 Å². The molecule has 9 nitrogen and oxygen atoms in total. The van der Waals surface area contributed by atoms with E-state index >= 15 is 0 Å². The SMILES string of the molecule is COc1cccc(Cc2nsc(N3CCC(C(=O)N4CCN(Cc5ccc6c(c5)OCO6)CC4)CC3)n2)c1. The molecule has 0 spiro atoms. The minimum atomic E-state index is 0.0934. The van der Waals surface area contributed by atoms with Crippen molar-refractivity contribution in [2.24, 2.45) is 5.92 Å². The van der Waals surface area contributed by atoms with Gasteiger partial charge in [0.1, 0.15) is 11.6 Å². The van der Waals surface area contributed by atoms with Crippen LogP contribution in [0.3, 0.4) is 0 Å². The summed E-state index contributed by atoms with van der Waals surface area (Å²) >= 11 is 1.45. The highest BCUT2D eigenvalue weighted by Gasteiger charge is 2.31. The number of benzene rings is 2. The van der Waals surface area contributed by atoms with Crippen LogP contribution < -0.4 is 19.1 Å². The van der Waals surface area contributed by atoms with Crippen molar-refractivity contribution in [3.63, 3.8) is 0 Å². The Morgan fingerprint density at radius 2 is 1.82 bits per heavy atom. The third-order valence-corrected chi connectivity index (χ3v) is 8.41. The van der Waals surface area contributed by atoms with Crippen molar-refractivity contribution < 1.29 is 19.0 Å². The van der Waals surface area contributed by atoms with E-state index < -0.39 is 0 Å². The largest absolute Gasteiger partial charge is 0.497 e. The second-order valence-corrected chi connectivity index (χ2v) is 10.8. The molecule has 2 aromatic carbocycles. The normalized spacial score (nSPS) is 18.1. The molecular weight excluding hydrogens is 502 g/mol. The first-order valence-electron chi connectivity index (χ1n) is 13.2. The van der Waals surface area contributed by atoms with Crippen molar-refractivity contribution in [1.82, 2.24) is 19.2 Å². The number of rotatable bonds is 7. The van der Waals surface area contributed by atoms with E-state index in [4.69, 9.17) is 19.2 Å². The number of hydrogen-bond donors (Lipinski definition) is 0. The predicted molar refractivity (Wildman–Crippen MR) is 145 cm³/mol. The number of methoxy groups -OCH3 is 1. The standard InChI is InChI=1S/C28H33N5O4S/c1-35-23-4-2-3-20(15-23)17-26-29-28(38-30-26)33-9-7-22(8-10-33)27(34)32-13-11-31(12-14-32)18-21-5-6-24-25(16-21)37-19-36-24/h2-6,15-16,22H,7-14,17-19H2,1H3. The molecule has 2 saturated heterocycles. The first kappa shape index (κ1) is 24.9. The third kappa shape index (κ3) is 5.56. The van der Waals surface area contributed by atoms with Crippen LogP contribution in [0.25, 0.3) is 0 Å². The summed E-state index contributed by atoms with van der Waals surface area (Å²) in [7, 11) is 1.68. The molecule has 0 bridgehead atoms. The summed E-state index contributed by atoms with van der Waals surface area (Å²) in [6, 6.07) is 14.2. The maximum absolute atomic E-state index is 13.3. The van der Waals surface area contributed by atoms with E-state index in [0.29, 0.717) is 19.1 Å². The molecular formula is C28H33N5O4S. The van der Waals surface area contributed by atoms with E-state index in [-0.39, 0.29) is 5.92 Å². The van der Waals surface area contributed by atoms with E-state index in [1.807, 2.05) is 24.3 Å². The number of amides is 1. The number of anilines is 1. The lowest BCUT2D eigenvalue weighted by atomic mass is 9.95. The van der Waals surface area contributed by atoms with Crippen molar-refractivity contribution in [2.75, 3.05) is 58.1 Å². The fourth-order valence-corrected chi connectivity index (χ4v) is 6.15. The van der Waals surface area contributed by atoms with Crippen molar-refractivity contribution in [3.8, 4) is 17.2 Å². The van der Waals surface area contributed by atoms with Gasteiger partial charge in [-0.15, -0.1) is 0 Å². The molecule has 3 aliphatic heterocycles. The van der Waals surface area contributed by atoms with E-state index in [1.165, 1.54) is 17.1 Å². The number of aromatic nitrogens is 2. The topological polar surface area (TPSA) is 80.3 Å². The summed E-state index contributed by atoms with van der Waals surface area (Å²) in [4.78, 5) is 24.8. The number of fused-ring (bicyclic) bond motifs is 1. The molecule has 4 heterocycles. The lowest BCUT2D eigenvalue weighted by molar-refractivity contribution is -0.138. The minimum Gasteiger partial charge on any atom is -0.497 e. The van der Waals surface area contributed by atoms with Crippen LogP contribution >= 0.6 is 11.5 Å². The van der Waals surface area contributed by atoms with Gasteiger partial charge in [0.2, 0.25) is 17.8 Å². The maximum atomic E-state index is 13.3. The molecule has 0 radical (unpaired) electrons. The number of nitrogens with zero attached hydrogens (tertiary/aromatic N) is 5. The van der Waals surface area contributed by atoms with Crippen molar-refractivity contribution in [2.45, 2.75) is 25.8 Å². The van der Waals surface area contributed by atoms with Gasteiger partial charge in [0.05, 0.1) is 7.11 Å². The van der Waals surface area contributed by atoms with E-state index in [9.17, 15) is 4.79 Å². The Hall–Kier alpha value is -3.37.